The topological polar surface area (TPSA) is 67.9 Å². The van der Waals surface area contributed by atoms with Gasteiger partial charge in [0.25, 0.3) is 0 Å². The van der Waals surface area contributed by atoms with E-state index in [2.05, 4.69) is 5.32 Å². The van der Waals surface area contributed by atoms with Crippen LogP contribution < -0.4 is 14.8 Å². The van der Waals surface area contributed by atoms with Crippen LogP contribution in [0, 0.1) is 0 Å². The van der Waals surface area contributed by atoms with E-state index in [-0.39, 0.29) is 36.9 Å². The van der Waals surface area contributed by atoms with Gasteiger partial charge in [0, 0.05) is 44.6 Å². The Morgan fingerprint density at radius 2 is 1.63 bits per heavy atom. The minimum atomic E-state index is -0.0446. The Morgan fingerprint density at radius 1 is 1.00 bits per heavy atom. The highest BCUT2D eigenvalue weighted by molar-refractivity contribution is 5.98. The fourth-order valence-corrected chi connectivity index (χ4v) is 2.77. The first-order valence-electron chi connectivity index (χ1n) is 9.57. The first kappa shape index (κ1) is 23.2. The normalized spacial score (nSPS) is 13.6. The summed E-state index contributed by atoms with van der Waals surface area (Å²) in [6, 6.07) is 5.27. The molecule has 1 heterocycles. The summed E-state index contributed by atoms with van der Waals surface area (Å²) in [6.45, 7) is 8.31. The molecule has 2 rings (SSSR count). The Hall–Kier alpha value is -1.79. The molecule has 1 saturated heterocycles. The van der Waals surface area contributed by atoms with Crippen LogP contribution in [-0.2, 0) is 4.79 Å². The summed E-state index contributed by atoms with van der Waals surface area (Å²) < 4.78 is 11.4. The molecule has 0 aliphatic carbocycles. The molecular formula is C20H31ClN2O4. The van der Waals surface area contributed by atoms with Crippen LogP contribution in [0.5, 0.6) is 11.5 Å². The summed E-state index contributed by atoms with van der Waals surface area (Å²) in [5, 5.41) is 3.22. The van der Waals surface area contributed by atoms with E-state index < -0.39 is 0 Å². The third-order valence-corrected chi connectivity index (χ3v) is 4.22. The Kier molecular flexibility index (Phi) is 10.8. The van der Waals surface area contributed by atoms with Gasteiger partial charge in [-0.15, -0.1) is 12.4 Å². The molecule has 0 atom stereocenters. The van der Waals surface area contributed by atoms with Crippen LogP contribution >= 0.6 is 12.4 Å². The maximum atomic E-state index is 12.5. The van der Waals surface area contributed by atoms with E-state index in [0.717, 1.165) is 25.9 Å². The fraction of sp³-hybridized carbons (Fsp3) is 0.600. The van der Waals surface area contributed by atoms with Gasteiger partial charge in [0.05, 0.1) is 13.2 Å². The van der Waals surface area contributed by atoms with Gasteiger partial charge in [0.2, 0.25) is 5.91 Å². The quantitative estimate of drug-likeness (QED) is 0.613. The van der Waals surface area contributed by atoms with Crippen LogP contribution in [0.15, 0.2) is 18.2 Å². The van der Waals surface area contributed by atoms with Gasteiger partial charge >= 0.3 is 0 Å². The van der Waals surface area contributed by atoms with E-state index in [1.54, 1.807) is 18.2 Å². The van der Waals surface area contributed by atoms with Crippen LogP contribution in [0.2, 0.25) is 0 Å². The summed E-state index contributed by atoms with van der Waals surface area (Å²) in [7, 11) is 0. The van der Waals surface area contributed by atoms with Crippen LogP contribution in [0.25, 0.3) is 0 Å². The molecule has 0 bridgehead atoms. The van der Waals surface area contributed by atoms with E-state index in [4.69, 9.17) is 9.47 Å². The van der Waals surface area contributed by atoms with Crippen LogP contribution in [-0.4, -0.2) is 56.0 Å². The van der Waals surface area contributed by atoms with Gasteiger partial charge in [0.1, 0.15) is 0 Å². The second-order valence-corrected chi connectivity index (χ2v) is 6.41. The van der Waals surface area contributed by atoms with E-state index in [1.165, 1.54) is 0 Å². The summed E-state index contributed by atoms with van der Waals surface area (Å²) in [4.78, 5) is 26.5. The number of carbonyl (C=O) groups excluding carboxylic acids is 2. The number of hydrogen-bond acceptors (Lipinski definition) is 5. The zero-order valence-electron chi connectivity index (χ0n) is 16.3. The van der Waals surface area contributed by atoms with E-state index in [9.17, 15) is 9.59 Å². The highest BCUT2D eigenvalue weighted by Gasteiger charge is 2.18. The van der Waals surface area contributed by atoms with Crippen molar-refractivity contribution < 1.29 is 19.1 Å². The van der Waals surface area contributed by atoms with Crippen molar-refractivity contribution in [2.45, 2.75) is 39.5 Å². The van der Waals surface area contributed by atoms with Crippen molar-refractivity contribution in [1.29, 1.82) is 0 Å². The number of amides is 1. The van der Waals surface area contributed by atoms with Crippen molar-refractivity contribution >= 4 is 24.1 Å². The van der Waals surface area contributed by atoms with Crippen molar-refractivity contribution in [2.24, 2.45) is 0 Å². The molecule has 1 fully saturated rings. The average Bonchev–Trinajstić information content (AvgIpc) is 2.69. The first-order chi connectivity index (χ1) is 12.7. The van der Waals surface area contributed by atoms with Crippen LogP contribution in [0.4, 0.5) is 0 Å². The smallest absolute Gasteiger partial charge is 0.223 e. The molecule has 6 nitrogen and oxygen atoms in total. The zero-order chi connectivity index (χ0) is 18.8. The number of piperazine rings is 1. The van der Waals surface area contributed by atoms with Gasteiger partial charge in [-0.1, -0.05) is 13.8 Å². The number of ketones is 1. The lowest BCUT2D eigenvalue weighted by atomic mass is 10.1. The maximum Gasteiger partial charge on any atom is 0.223 e. The van der Waals surface area contributed by atoms with Crippen molar-refractivity contribution in [1.82, 2.24) is 10.2 Å². The number of hydrogen-bond donors (Lipinski definition) is 1. The van der Waals surface area contributed by atoms with Gasteiger partial charge in [0.15, 0.2) is 17.3 Å². The summed E-state index contributed by atoms with van der Waals surface area (Å²) >= 11 is 0. The molecule has 0 aromatic heterocycles. The van der Waals surface area contributed by atoms with Crippen LogP contribution in [0.1, 0.15) is 49.9 Å². The Bertz CT molecular complexity index is 604. The molecule has 0 spiro atoms. The average molecular weight is 399 g/mol. The van der Waals surface area contributed by atoms with Crippen molar-refractivity contribution in [3.63, 3.8) is 0 Å². The molecule has 1 aliphatic rings. The molecular weight excluding hydrogens is 368 g/mol. The number of Topliss-reactive ketones (excluding diaryl/α,β-unsaturated/α-hetero) is 1. The fourth-order valence-electron chi connectivity index (χ4n) is 2.77. The Morgan fingerprint density at radius 3 is 2.26 bits per heavy atom. The SMILES string of the molecule is CCCOc1ccc(C(=O)CCC(=O)N2CCNCC2)cc1OCCC.Cl. The number of nitrogens with one attached hydrogen (secondary N) is 1. The second-order valence-electron chi connectivity index (χ2n) is 6.41. The van der Waals surface area contributed by atoms with E-state index >= 15 is 0 Å². The molecule has 0 radical (unpaired) electrons. The second kappa shape index (κ2) is 12.6. The van der Waals surface area contributed by atoms with Crippen LogP contribution in [0.3, 0.4) is 0 Å². The minimum absolute atomic E-state index is 0. The molecule has 0 unspecified atom stereocenters. The van der Waals surface area contributed by atoms with Crippen molar-refractivity contribution in [2.75, 3.05) is 39.4 Å². The van der Waals surface area contributed by atoms with Gasteiger partial charge < -0.3 is 19.7 Å². The number of nitrogens with zero attached hydrogens (tertiary/aromatic N) is 1. The lowest BCUT2D eigenvalue weighted by Gasteiger charge is -2.27. The number of halogens is 1. The van der Waals surface area contributed by atoms with Crippen molar-refractivity contribution in [3.05, 3.63) is 23.8 Å². The number of rotatable bonds is 10. The molecule has 27 heavy (non-hydrogen) atoms. The van der Waals surface area contributed by atoms with E-state index in [1.807, 2.05) is 18.7 Å². The molecule has 7 heteroatoms. The molecule has 1 amide bonds. The molecule has 1 aromatic carbocycles. The third-order valence-electron chi connectivity index (χ3n) is 4.22. The highest BCUT2D eigenvalue weighted by atomic mass is 35.5. The minimum Gasteiger partial charge on any atom is -0.490 e. The lowest BCUT2D eigenvalue weighted by molar-refractivity contribution is -0.131. The predicted molar refractivity (Wildman–Crippen MR) is 108 cm³/mol. The largest absolute Gasteiger partial charge is 0.490 e. The van der Waals surface area contributed by atoms with Gasteiger partial charge in [-0.05, 0) is 31.0 Å². The molecule has 152 valence electrons. The third kappa shape index (κ3) is 7.39. The highest BCUT2D eigenvalue weighted by Crippen LogP contribution is 2.29. The maximum absolute atomic E-state index is 12.5. The van der Waals surface area contributed by atoms with Gasteiger partial charge in [-0.2, -0.15) is 0 Å². The molecule has 1 N–H and O–H groups in total. The zero-order valence-corrected chi connectivity index (χ0v) is 17.1. The number of carbonyl (C=O) groups is 2. The number of ether oxygens (including phenoxy) is 2. The lowest BCUT2D eigenvalue weighted by Crippen LogP contribution is -2.46. The summed E-state index contributed by atoms with van der Waals surface area (Å²) in [5.41, 5.74) is 0.563. The molecule has 1 aliphatic heterocycles. The molecule has 1 aromatic rings. The van der Waals surface area contributed by atoms with Crippen molar-refractivity contribution in [3.8, 4) is 11.5 Å². The Labute approximate surface area is 168 Å². The monoisotopic (exact) mass is 398 g/mol. The molecule has 0 saturated carbocycles. The summed E-state index contributed by atoms with van der Waals surface area (Å²) in [5.74, 6) is 1.26. The Balaban J connectivity index is 0.00000364. The number of benzene rings is 1. The van der Waals surface area contributed by atoms with Gasteiger partial charge in [-0.25, -0.2) is 0 Å². The standard InChI is InChI=1S/C20H30N2O4.ClH/c1-3-13-25-18-7-5-16(15-19(18)26-14-4-2)17(23)6-8-20(24)22-11-9-21-10-12-22;/h5,7,15,21H,3-4,6,8-14H2,1-2H3;1H. The summed E-state index contributed by atoms with van der Waals surface area (Å²) in [6.07, 6.45) is 2.25. The van der Waals surface area contributed by atoms with Gasteiger partial charge in [-0.3, -0.25) is 9.59 Å². The predicted octanol–water partition coefficient (Wildman–Crippen LogP) is 3.08. The van der Waals surface area contributed by atoms with E-state index in [0.29, 0.717) is 43.4 Å². The first-order valence-corrected chi connectivity index (χ1v) is 9.57.